The molecule has 4 rings (SSSR count). The Morgan fingerprint density at radius 1 is 1.17 bits per heavy atom. The van der Waals surface area contributed by atoms with Gasteiger partial charge in [-0.25, -0.2) is 4.39 Å². The summed E-state index contributed by atoms with van der Waals surface area (Å²) < 4.78 is 14.2. The number of carbonyl (C=O) groups is 1. The lowest BCUT2D eigenvalue weighted by atomic mass is 10.2. The Kier molecular flexibility index (Phi) is 3.22. The Balaban J connectivity index is 1.66. The largest absolute Gasteiger partial charge is 0.381 e. The zero-order valence-electron chi connectivity index (χ0n) is 12.3. The van der Waals surface area contributed by atoms with Crippen LogP contribution in [0.4, 0.5) is 15.8 Å². The molecule has 1 amide bonds. The number of aromatic nitrogens is 2. The number of benzene rings is 2. The number of fused-ring (bicyclic) bond motifs is 1. The Morgan fingerprint density at radius 2 is 2.00 bits per heavy atom. The Morgan fingerprint density at radius 3 is 2.83 bits per heavy atom. The van der Waals surface area contributed by atoms with Crippen LogP contribution in [0, 0.1) is 5.82 Å². The summed E-state index contributed by atoms with van der Waals surface area (Å²) in [5.41, 5.74) is 1.78. The van der Waals surface area contributed by atoms with E-state index in [-0.39, 0.29) is 11.4 Å². The number of carbonyl (C=O) groups excluding carboxylic acids is 1. The van der Waals surface area contributed by atoms with Crippen LogP contribution in [-0.2, 0) is 0 Å². The van der Waals surface area contributed by atoms with Crippen molar-refractivity contribution in [2.75, 3.05) is 10.6 Å². The highest BCUT2D eigenvalue weighted by molar-refractivity contribution is 6.12. The summed E-state index contributed by atoms with van der Waals surface area (Å²) in [5.74, 6) is -0.907. The van der Waals surface area contributed by atoms with Crippen LogP contribution < -0.4 is 10.6 Å². The number of aromatic amines is 1. The van der Waals surface area contributed by atoms with Gasteiger partial charge >= 0.3 is 0 Å². The van der Waals surface area contributed by atoms with Crippen LogP contribution in [0.3, 0.4) is 0 Å². The fraction of sp³-hybridized carbons (Fsp3) is 0.176. The summed E-state index contributed by atoms with van der Waals surface area (Å²) in [5, 5.41) is 13.4. The number of nitrogens with zero attached hydrogens (tertiary/aromatic N) is 1. The summed E-state index contributed by atoms with van der Waals surface area (Å²) in [6.07, 6.45) is 2.13. The maximum atomic E-state index is 14.2. The number of hydrogen-bond donors (Lipinski definition) is 3. The van der Waals surface area contributed by atoms with Gasteiger partial charge in [0, 0.05) is 11.4 Å². The zero-order chi connectivity index (χ0) is 15.8. The van der Waals surface area contributed by atoms with Gasteiger partial charge in [0.2, 0.25) is 0 Å². The van der Waals surface area contributed by atoms with Crippen LogP contribution >= 0.6 is 0 Å². The molecule has 1 saturated carbocycles. The molecule has 1 heterocycles. The third-order valence-corrected chi connectivity index (χ3v) is 3.87. The molecule has 0 unspecified atom stereocenters. The van der Waals surface area contributed by atoms with Crippen molar-refractivity contribution in [2.45, 2.75) is 18.9 Å². The number of hydrogen-bond acceptors (Lipinski definition) is 3. The van der Waals surface area contributed by atoms with Crippen LogP contribution in [0.2, 0.25) is 0 Å². The molecule has 116 valence electrons. The molecule has 0 bridgehead atoms. The van der Waals surface area contributed by atoms with E-state index in [0.717, 1.165) is 18.4 Å². The van der Waals surface area contributed by atoms with E-state index in [0.29, 0.717) is 17.1 Å². The second kappa shape index (κ2) is 5.39. The molecule has 1 aliphatic carbocycles. The zero-order valence-corrected chi connectivity index (χ0v) is 12.3. The summed E-state index contributed by atoms with van der Waals surface area (Å²) >= 11 is 0. The van der Waals surface area contributed by atoms with E-state index in [1.807, 2.05) is 18.2 Å². The van der Waals surface area contributed by atoms with E-state index in [1.165, 1.54) is 6.07 Å². The number of nitrogens with one attached hydrogen (secondary N) is 3. The number of para-hydroxylation sites is 2. The molecule has 1 aromatic heterocycles. The maximum Gasteiger partial charge on any atom is 0.276 e. The number of H-pyrrole nitrogens is 1. The lowest BCUT2D eigenvalue weighted by Gasteiger charge is -2.13. The topological polar surface area (TPSA) is 69.8 Å². The number of amides is 1. The molecule has 1 fully saturated rings. The molecular formula is C17H15FN4O. The molecule has 0 radical (unpaired) electrons. The fourth-order valence-corrected chi connectivity index (χ4v) is 2.53. The second-order valence-corrected chi connectivity index (χ2v) is 5.65. The van der Waals surface area contributed by atoms with Crippen LogP contribution in [0.25, 0.3) is 10.9 Å². The molecule has 0 aliphatic heterocycles. The first-order chi connectivity index (χ1) is 11.2. The number of rotatable bonds is 4. The molecule has 0 atom stereocenters. The minimum Gasteiger partial charge on any atom is -0.381 e. The van der Waals surface area contributed by atoms with E-state index >= 15 is 0 Å². The first-order valence-corrected chi connectivity index (χ1v) is 7.52. The van der Waals surface area contributed by atoms with E-state index < -0.39 is 11.7 Å². The van der Waals surface area contributed by atoms with E-state index in [4.69, 9.17) is 0 Å². The molecular weight excluding hydrogens is 295 g/mol. The van der Waals surface area contributed by atoms with Crippen molar-refractivity contribution in [3.05, 3.63) is 54.0 Å². The second-order valence-electron chi connectivity index (χ2n) is 5.65. The highest BCUT2D eigenvalue weighted by Gasteiger charge is 2.24. The van der Waals surface area contributed by atoms with Gasteiger partial charge in [-0.3, -0.25) is 9.89 Å². The summed E-state index contributed by atoms with van der Waals surface area (Å²) in [7, 11) is 0. The van der Waals surface area contributed by atoms with E-state index in [1.54, 1.807) is 18.2 Å². The Hall–Kier alpha value is -2.89. The van der Waals surface area contributed by atoms with Gasteiger partial charge in [-0.1, -0.05) is 24.3 Å². The smallest absolute Gasteiger partial charge is 0.276 e. The minimum absolute atomic E-state index is 0.163. The normalized spacial score (nSPS) is 14.0. The monoisotopic (exact) mass is 310 g/mol. The molecule has 3 N–H and O–H groups in total. The van der Waals surface area contributed by atoms with E-state index in [2.05, 4.69) is 20.8 Å². The summed E-state index contributed by atoms with van der Waals surface area (Å²) in [6, 6.07) is 12.4. The lowest BCUT2D eigenvalue weighted by molar-refractivity contribution is 0.102. The predicted octanol–water partition coefficient (Wildman–Crippen LogP) is 3.53. The summed E-state index contributed by atoms with van der Waals surface area (Å²) in [4.78, 5) is 12.5. The number of halogens is 1. The van der Waals surface area contributed by atoms with Crippen LogP contribution in [0.15, 0.2) is 42.5 Å². The highest BCUT2D eigenvalue weighted by Crippen LogP contribution is 2.31. The molecule has 3 aromatic rings. The average molecular weight is 310 g/mol. The lowest BCUT2D eigenvalue weighted by Crippen LogP contribution is -2.16. The average Bonchev–Trinajstić information content (AvgIpc) is 3.26. The minimum atomic E-state index is -0.469. The van der Waals surface area contributed by atoms with Crippen molar-refractivity contribution >= 4 is 28.2 Å². The SMILES string of the molecule is O=C(Nc1c(F)cccc1NC1CC1)c1n[nH]c2ccccc12. The van der Waals surface area contributed by atoms with Gasteiger partial charge in [0.15, 0.2) is 5.69 Å². The first kappa shape index (κ1) is 13.8. The molecule has 23 heavy (non-hydrogen) atoms. The van der Waals surface area contributed by atoms with Gasteiger partial charge in [0.1, 0.15) is 11.5 Å². The third kappa shape index (κ3) is 2.63. The van der Waals surface area contributed by atoms with Crippen LogP contribution in [0.1, 0.15) is 23.3 Å². The Bertz CT molecular complexity index is 885. The summed E-state index contributed by atoms with van der Waals surface area (Å²) in [6.45, 7) is 0. The van der Waals surface area contributed by atoms with Crippen molar-refractivity contribution in [1.82, 2.24) is 10.2 Å². The molecule has 6 heteroatoms. The van der Waals surface area contributed by atoms with Crippen molar-refractivity contribution in [1.29, 1.82) is 0 Å². The van der Waals surface area contributed by atoms with E-state index in [9.17, 15) is 9.18 Å². The van der Waals surface area contributed by atoms with Gasteiger partial charge in [-0.05, 0) is 31.0 Å². The maximum absolute atomic E-state index is 14.2. The third-order valence-electron chi connectivity index (χ3n) is 3.87. The molecule has 5 nitrogen and oxygen atoms in total. The molecule has 0 spiro atoms. The van der Waals surface area contributed by atoms with Crippen LogP contribution in [-0.4, -0.2) is 22.1 Å². The predicted molar refractivity (Wildman–Crippen MR) is 87.1 cm³/mol. The van der Waals surface area contributed by atoms with Gasteiger partial charge in [-0.2, -0.15) is 5.10 Å². The van der Waals surface area contributed by atoms with Gasteiger partial charge < -0.3 is 10.6 Å². The number of anilines is 2. The molecule has 0 saturated heterocycles. The standard InChI is InChI=1S/C17H15FN4O/c18-12-5-3-7-14(19-10-8-9-10)16(12)20-17(23)15-11-4-1-2-6-13(11)21-22-15/h1-7,10,19H,8-9H2,(H,20,23)(H,21,22). The highest BCUT2D eigenvalue weighted by atomic mass is 19.1. The molecule has 2 aromatic carbocycles. The molecule has 1 aliphatic rings. The van der Waals surface area contributed by atoms with Crippen molar-refractivity contribution in [3.8, 4) is 0 Å². The fourth-order valence-electron chi connectivity index (χ4n) is 2.53. The van der Waals surface area contributed by atoms with Gasteiger partial charge in [0.05, 0.1) is 11.2 Å². The van der Waals surface area contributed by atoms with Crippen LogP contribution in [0.5, 0.6) is 0 Å². The Labute approximate surface area is 131 Å². The quantitative estimate of drug-likeness (QED) is 0.690. The van der Waals surface area contributed by atoms with Gasteiger partial charge in [0.25, 0.3) is 5.91 Å². The van der Waals surface area contributed by atoms with Gasteiger partial charge in [-0.15, -0.1) is 0 Å². The first-order valence-electron chi connectivity index (χ1n) is 7.52. The van der Waals surface area contributed by atoms with Crippen molar-refractivity contribution < 1.29 is 9.18 Å². The van der Waals surface area contributed by atoms with Crippen molar-refractivity contribution in [2.24, 2.45) is 0 Å². The van der Waals surface area contributed by atoms with Crippen molar-refractivity contribution in [3.63, 3.8) is 0 Å².